The molecule has 5 aromatic rings. The first-order chi connectivity index (χ1) is 17.8. The minimum absolute atomic E-state index is 0.0427. The van der Waals surface area contributed by atoms with Crippen molar-refractivity contribution < 1.29 is 4.79 Å². The second-order valence-corrected chi connectivity index (χ2v) is 8.96. The molecule has 5 rings (SSSR count). The third kappa shape index (κ3) is 4.47. The maximum absolute atomic E-state index is 13.5. The SMILES string of the molecule is CNC(=O)CCc1nccc(Nc2nc3c(c(=O)n(Cc4cc5c(Cl)cccc5[nH]4)c(=O)n3C)n2C)n1. The number of carbonyl (C=O) groups is 1. The van der Waals surface area contributed by atoms with Crippen LogP contribution >= 0.6 is 11.6 Å². The van der Waals surface area contributed by atoms with Gasteiger partial charge in [-0.2, -0.15) is 4.98 Å². The van der Waals surface area contributed by atoms with Crippen LogP contribution in [0.25, 0.3) is 22.1 Å². The Bertz CT molecular complexity index is 1780. The van der Waals surface area contributed by atoms with Gasteiger partial charge in [-0.05, 0) is 24.3 Å². The molecule has 1 amide bonds. The molecular formula is C24H24ClN9O3. The molecule has 13 heteroatoms. The minimum atomic E-state index is -0.495. The predicted octanol–water partition coefficient (Wildman–Crippen LogP) is 1.83. The highest BCUT2D eigenvalue weighted by atomic mass is 35.5. The van der Waals surface area contributed by atoms with Gasteiger partial charge in [0.15, 0.2) is 11.2 Å². The van der Waals surface area contributed by atoms with E-state index in [-0.39, 0.29) is 30.0 Å². The van der Waals surface area contributed by atoms with Gasteiger partial charge in [-0.15, -0.1) is 0 Å². The largest absolute Gasteiger partial charge is 0.359 e. The van der Waals surface area contributed by atoms with Gasteiger partial charge in [0.05, 0.1) is 6.54 Å². The molecule has 190 valence electrons. The highest BCUT2D eigenvalue weighted by molar-refractivity contribution is 6.35. The van der Waals surface area contributed by atoms with E-state index in [1.54, 1.807) is 44.0 Å². The highest BCUT2D eigenvalue weighted by Crippen LogP contribution is 2.24. The average molecular weight is 522 g/mol. The van der Waals surface area contributed by atoms with Gasteiger partial charge in [0.25, 0.3) is 5.56 Å². The molecule has 4 aromatic heterocycles. The number of benzene rings is 1. The highest BCUT2D eigenvalue weighted by Gasteiger charge is 2.20. The number of imidazole rings is 1. The van der Waals surface area contributed by atoms with E-state index < -0.39 is 11.2 Å². The Morgan fingerprint density at radius 3 is 2.70 bits per heavy atom. The Morgan fingerprint density at radius 1 is 1.14 bits per heavy atom. The second kappa shape index (κ2) is 9.54. The van der Waals surface area contributed by atoms with Gasteiger partial charge in [-0.25, -0.2) is 14.8 Å². The van der Waals surface area contributed by atoms with Crippen LogP contribution in [0.4, 0.5) is 11.8 Å². The fourth-order valence-electron chi connectivity index (χ4n) is 4.18. The van der Waals surface area contributed by atoms with Crippen LogP contribution in [0.3, 0.4) is 0 Å². The molecule has 3 N–H and O–H groups in total. The molecule has 0 bridgehead atoms. The molecule has 0 aliphatic rings. The predicted molar refractivity (Wildman–Crippen MR) is 140 cm³/mol. The normalized spacial score (nSPS) is 11.4. The number of amides is 1. The van der Waals surface area contributed by atoms with E-state index in [1.165, 1.54) is 4.57 Å². The van der Waals surface area contributed by atoms with E-state index in [1.807, 2.05) is 18.2 Å². The van der Waals surface area contributed by atoms with Crippen LogP contribution < -0.4 is 21.9 Å². The van der Waals surface area contributed by atoms with Gasteiger partial charge >= 0.3 is 5.69 Å². The van der Waals surface area contributed by atoms with Crippen LogP contribution in [0.5, 0.6) is 0 Å². The number of hydrogen-bond acceptors (Lipinski definition) is 7. The third-order valence-electron chi connectivity index (χ3n) is 6.16. The molecule has 0 atom stereocenters. The summed E-state index contributed by atoms with van der Waals surface area (Å²) in [5, 5.41) is 7.05. The summed E-state index contributed by atoms with van der Waals surface area (Å²) in [5.74, 6) is 1.15. The number of aryl methyl sites for hydroxylation is 3. The molecule has 0 aliphatic heterocycles. The van der Waals surface area contributed by atoms with Crippen molar-refractivity contribution in [2.75, 3.05) is 12.4 Å². The van der Waals surface area contributed by atoms with E-state index in [0.29, 0.717) is 34.7 Å². The van der Waals surface area contributed by atoms with Crippen LogP contribution in [0, 0.1) is 0 Å². The number of aromatic nitrogens is 7. The number of carbonyl (C=O) groups excluding carboxylic acids is 1. The first-order valence-corrected chi connectivity index (χ1v) is 11.9. The first kappa shape index (κ1) is 24.3. The summed E-state index contributed by atoms with van der Waals surface area (Å²) < 4.78 is 4.09. The van der Waals surface area contributed by atoms with E-state index in [2.05, 4.69) is 30.6 Å². The van der Waals surface area contributed by atoms with Crippen LogP contribution in [0.15, 0.2) is 46.1 Å². The molecule has 0 saturated heterocycles. The molecule has 0 unspecified atom stereocenters. The number of hydrogen-bond donors (Lipinski definition) is 3. The van der Waals surface area contributed by atoms with E-state index in [0.717, 1.165) is 15.5 Å². The minimum Gasteiger partial charge on any atom is -0.359 e. The quantitative estimate of drug-likeness (QED) is 0.296. The Morgan fingerprint density at radius 2 is 1.95 bits per heavy atom. The molecule has 12 nitrogen and oxygen atoms in total. The molecule has 4 heterocycles. The van der Waals surface area contributed by atoms with E-state index >= 15 is 0 Å². The number of nitrogens with zero attached hydrogens (tertiary/aromatic N) is 6. The molecule has 0 fully saturated rings. The zero-order valence-corrected chi connectivity index (χ0v) is 21.1. The smallest absolute Gasteiger partial charge is 0.332 e. The molecular weight excluding hydrogens is 498 g/mol. The summed E-state index contributed by atoms with van der Waals surface area (Å²) in [6.07, 6.45) is 2.21. The zero-order chi connectivity index (χ0) is 26.3. The lowest BCUT2D eigenvalue weighted by Crippen LogP contribution is -2.39. The topological polar surface area (TPSA) is 145 Å². The maximum Gasteiger partial charge on any atom is 0.332 e. The van der Waals surface area contributed by atoms with Gasteiger partial charge in [0.2, 0.25) is 11.9 Å². The summed E-state index contributed by atoms with van der Waals surface area (Å²) in [5.41, 5.74) is 1.02. The molecule has 0 radical (unpaired) electrons. The summed E-state index contributed by atoms with van der Waals surface area (Å²) in [6, 6.07) is 8.98. The monoisotopic (exact) mass is 521 g/mol. The van der Waals surface area contributed by atoms with Crippen LogP contribution in [0.2, 0.25) is 5.02 Å². The van der Waals surface area contributed by atoms with Gasteiger partial charge in [0.1, 0.15) is 11.6 Å². The molecule has 0 aliphatic carbocycles. The fraction of sp³-hybridized carbons (Fsp3) is 0.250. The van der Waals surface area contributed by atoms with E-state index in [9.17, 15) is 14.4 Å². The molecule has 37 heavy (non-hydrogen) atoms. The van der Waals surface area contributed by atoms with Crippen molar-refractivity contribution >= 4 is 51.3 Å². The van der Waals surface area contributed by atoms with Crippen LogP contribution in [0.1, 0.15) is 17.9 Å². The van der Waals surface area contributed by atoms with Crippen molar-refractivity contribution in [3.63, 3.8) is 0 Å². The summed E-state index contributed by atoms with van der Waals surface area (Å²) in [7, 11) is 4.83. The number of nitrogens with one attached hydrogen (secondary N) is 3. The number of aromatic amines is 1. The molecule has 0 saturated carbocycles. The van der Waals surface area contributed by atoms with Gasteiger partial charge in [-0.1, -0.05) is 17.7 Å². The van der Waals surface area contributed by atoms with Gasteiger partial charge < -0.3 is 20.2 Å². The number of fused-ring (bicyclic) bond motifs is 2. The summed E-state index contributed by atoms with van der Waals surface area (Å²) in [6.45, 7) is 0.0427. The van der Waals surface area contributed by atoms with Crippen molar-refractivity contribution in [3.05, 3.63) is 73.9 Å². The zero-order valence-electron chi connectivity index (χ0n) is 20.4. The van der Waals surface area contributed by atoms with Crippen LogP contribution in [-0.2, 0) is 31.9 Å². The fourth-order valence-corrected chi connectivity index (χ4v) is 4.41. The number of rotatable bonds is 7. The Hall–Kier alpha value is -4.45. The lowest BCUT2D eigenvalue weighted by Gasteiger charge is -2.08. The maximum atomic E-state index is 13.5. The van der Waals surface area contributed by atoms with Crippen molar-refractivity contribution in [1.29, 1.82) is 0 Å². The Labute approximate surface area is 214 Å². The van der Waals surface area contributed by atoms with Gasteiger partial charge in [0, 0.05) is 61.8 Å². The second-order valence-electron chi connectivity index (χ2n) is 8.55. The number of halogens is 1. The molecule has 0 spiro atoms. The van der Waals surface area contributed by atoms with Crippen molar-refractivity contribution in [3.8, 4) is 0 Å². The lowest BCUT2D eigenvalue weighted by atomic mass is 10.2. The number of H-pyrrole nitrogens is 1. The van der Waals surface area contributed by atoms with Crippen LogP contribution in [-0.4, -0.2) is 46.6 Å². The average Bonchev–Trinajstić information content (AvgIpc) is 3.46. The Balaban J connectivity index is 1.50. The standard InChI is InChI=1S/C24H24ClN9O3/c1-26-19(35)8-7-17-27-10-9-18(29-17)30-23-31-21-20(32(23)2)22(36)34(24(37)33(21)3)12-13-11-14-15(25)5-4-6-16(14)28-13/h4-6,9-11,28H,7-8,12H2,1-3H3,(H,26,35)(H,27,29,30,31). The van der Waals surface area contributed by atoms with E-state index in [4.69, 9.17) is 11.6 Å². The lowest BCUT2D eigenvalue weighted by molar-refractivity contribution is -0.120. The Kier molecular flexibility index (Phi) is 6.25. The molecule has 1 aromatic carbocycles. The van der Waals surface area contributed by atoms with Gasteiger partial charge in [-0.3, -0.25) is 18.7 Å². The first-order valence-electron chi connectivity index (χ1n) is 11.5. The summed E-state index contributed by atoms with van der Waals surface area (Å²) in [4.78, 5) is 54.5. The van der Waals surface area contributed by atoms with Crippen molar-refractivity contribution in [2.24, 2.45) is 14.1 Å². The van der Waals surface area contributed by atoms with Crippen molar-refractivity contribution in [2.45, 2.75) is 19.4 Å². The number of anilines is 2. The summed E-state index contributed by atoms with van der Waals surface area (Å²) >= 11 is 6.28. The van der Waals surface area contributed by atoms with Crippen molar-refractivity contribution in [1.82, 2.24) is 39.0 Å². The third-order valence-corrected chi connectivity index (χ3v) is 6.48.